The van der Waals surface area contributed by atoms with Crippen molar-refractivity contribution in [3.8, 4) is 0 Å². The van der Waals surface area contributed by atoms with Gasteiger partial charge in [0.1, 0.15) is 0 Å². The smallest absolute Gasteiger partial charge is 0.0606 e. The molecule has 0 radical (unpaired) electrons. The molecule has 0 spiro atoms. The summed E-state index contributed by atoms with van der Waals surface area (Å²) in [5.41, 5.74) is 0.373. The lowest BCUT2D eigenvalue weighted by molar-refractivity contribution is -0.0224. The molecule has 0 saturated heterocycles. The second-order valence-corrected chi connectivity index (χ2v) is 8.70. The van der Waals surface area contributed by atoms with Gasteiger partial charge in [-0.1, -0.05) is 58.8 Å². The zero-order valence-corrected chi connectivity index (χ0v) is 16.9. The molecule has 2 heteroatoms. The molecule has 0 saturated carbocycles. The number of hydrogen-bond donors (Lipinski definition) is 1. The molecular formula is C20H44N2. The highest BCUT2D eigenvalue weighted by Crippen LogP contribution is 2.28. The van der Waals surface area contributed by atoms with Crippen LogP contribution in [0.1, 0.15) is 107 Å². The molecule has 0 aromatic rings. The summed E-state index contributed by atoms with van der Waals surface area (Å²) in [6.45, 7) is 19.6. The van der Waals surface area contributed by atoms with Crippen LogP contribution in [0.2, 0.25) is 0 Å². The van der Waals surface area contributed by atoms with Crippen molar-refractivity contribution in [1.29, 1.82) is 0 Å². The molecular weight excluding hydrogens is 268 g/mol. The van der Waals surface area contributed by atoms with E-state index in [1.54, 1.807) is 0 Å². The Bertz CT molecular complexity index is 246. The van der Waals surface area contributed by atoms with E-state index in [-0.39, 0.29) is 11.1 Å². The Morgan fingerprint density at radius 3 is 1.59 bits per heavy atom. The van der Waals surface area contributed by atoms with Crippen molar-refractivity contribution < 1.29 is 0 Å². The first-order valence-corrected chi connectivity index (χ1v) is 9.67. The van der Waals surface area contributed by atoms with E-state index in [1.165, 1.54) is 51.4 Å². The molecule has 1 unspecified atom stereocenters. The van der Waals surface area contributed by atoms with Crippen LogP contribution in [0.5, 0.6) is 0 Å². The molecule has 134 valence electrons. The summed E-state index contributed by atoms with van der Waals surface area (Å²) in [5, 5.41) is 3.73. The lowest BCUT2D eigenvalue weighted by Gasteiger charge is -2.50. The van der Waals surface area contributed by atoms with Gasteiger partial charge < -0.3 is 5.32 Å². The molecule has 22 heavy (non-hydrogen) atoms. The van der Waals surface area contributed by atoms with Gasteiger partial charge in [-0.3, -0.25) is 4.90 Å². The predicted octanol–water partition coefficient (Wildman–Crippen LogP) is 5.96. The summed E-state index contributed by atoms with van der Waals surface area (Å²) in [7, 11) is 0. The van der Waals surface area contributed by atoms with Gasteiger partial charge in [-0.05, 0) is 54.5 Å². The highest BCUT2D eigenvalue weighted by molar-refractivity contribution is 4.91. The highest BCUT2D eigenvalue weighted by atomic mass is 15.3. The Morgan fingerprint density at radius 2 is 1.18 bits per heavy atom. The summed E-state index contributed by atoms with van der Waals surface area (Å²) in [5.74, 6) is 0. The van der Waals surface area contributed by atoms with E-state index < -0.39 is 0 Å². The fourth-order valence-electron chi connectivity index (χ4n) is 3.79. The van der Waals surface area contributed by atoms with Gasteiger partial charge in [0, 0.05) is 11.1 Å². The summed E-state index contributed by atoms with van der Waals surface area (Å²) >= 11 is 0. The highest BCUT2D eigenvalue weighted by Gasteiger charge is 2.36. The van der Waals surface area contributed by atoms with Gasteiger partial charge in [0.25, 0.3) is 0 Å². The number of hydrogen-bond acceptors (Lipinski definition) is 2. The van der Waals surface area contributed by atoms with Gasteiger partial charge >= 0.3 is 0 Å². The quantitative estimate of drug-likeness (QED) is 0.374. The molecule has 0 bridgehead atoms. The van der Waals surface area contributed by atoms with Crippen LogP contribution in [-0.2, 0) is 0 Å². The third kappa shape index (κ3) is 9.15. The summed E-state index contributed by atoms with van der Waals surface area (Å²) in [6, 6.07) is 0. The van der Waals surface area contributed by atoms with Gasteiger partial charge in [0.15, 0.2) is 0 Å². The summed E-state index contributed by atoms with van der Waals surface area (Å²) in [6.07, 6.45) is 11.5. The maximum Gasteiger partial charge on any atom is 0.0606 e. The van der Waals surface area contributed by atoms with Gasteiger partial charge in [-0.15, -0.1) is 0 Å². The van der Waals surface area contributed by atoms with E-state index in [1.807, 2.05) is 0 Å². The maximum absolute atomic E-state index is 3.73. The Labute approximate surface area is 141 Å². The van der Waals surface area contributed by atoms with E-state index in [0.29, 0.717) is 6.17 Å². The molecule has 0 aromatic carbocycles. The minimum atomic E-state index is 0.187. The molecule has 0 rings (SSSR count). The third-order valence-corrected chi connectivity index (χ3v) is 4.28. The van der Waals surface area contributed by atoms with Crippen molar-refractivity contribution in [2.75, 3.05) is 6.54 Å². The average molecular weight is 313 g/mol. The molecule has 0 aliphatic carbocycles. The zero-order valence-electron chi connectivity index (χ0n) is 16.9. The second-order valence-electron chi connectivity index (χ2n) is 8.70. The molecule has 0 fully saturated rings. The molecule has 0 amide bonds. The van der Waals surface area contributed by atoms with E-state index in [4.69, 9.17) is 0 Å². The fraction of sp³-hybridized carbons (Fsp3) is 1.00. The molecule has 2 nitrogen and oxygen atoms in total. The standard InChI is InChI=1S/C20H44N2/c1-9-11-12-13-14-15-16-17-18(21-10-2)22(19(3,4)5)20(6,7)8/h18,21H,9-17H2,1-8H3. The Hall–Kier alpha value is -0.0800. The first-order valence-electron chi connectivity index (χ1n) is 9.67. The Balaban J connectivity index is 4.44. The van der Waals surface area contributed by atoms with Crippen molar-refractivity contribution in [2.24, 2.45) is 0 Å². The van der Waals surface area contributed by atoms with Crippen molar-refractivity contribution in [2.45, 2.75) is 124 Å². The van der Waals surface area contributed by atoms with Gasteiger partial charge in [-0.25, -0.2) is 0 Å². The van der Waals surface area contributed by atoms with Gasteiger partial charge in [-0.2, -0.15) is 0 Å². The predicted molar refractivity (Wildman–Crippen MR) is 101 cm³/mol. The minimum absolute atomic E-state index is 0.187. The molecule has 1 N–H and O–H groups in total. The van der Waals surface area contributed by atoms with E-state index >= 15 is 0 Å². The molecule has 0 heterocycles. The first kappa shape index (κ1) is 21.9. The largest absolute Gasteiger partial charge is 0.302 e. The summed E-state index contributed by atoms with van der Waals surface area (Å²) in [4.78, 5) is 2.67. The van der Waals surface area contributed by atoms with Crippen molar-refractivity contribution >= 4 is 0 Å². The van der Waals surface area contributed by atoms with Gasteiger partial charge in [0.05, 0.1) is 6.17 Å². The monoisotopic (exact) mass is 312 g/mol. The minimum Gasteiger partial charge on any atom is -0.302 e. The van der Waals surface area contributed by atoms with Crippen LogP contribution in [-0.4, -0.2) is 28.7 Å². The first-order chi connectivity index (χ1) is 10.1. The summed E-state index contributed by atoms with van der Waals surface area (Å²) < 4.78 is 0. The van der Waals surface area contributed by atoms with E-state index in [9.17, 15) is 0 Å². The number of rotatable bonds is 11. The lowest BCUT2D eigenvalue weighted by Crippen LogP contribution is -2.61. The molecule has 0 aliphatic rings. The Morgan fingerprint density at radius 1 is 0.727 bits per heavy atom. The SMILES string of the molecule is CCCCCCCCCC(NCC)N(C(C)(C)C)C(C)(C)C. The normalized spacial score (nSPS) is 14.6. The maximum atomic E-state index is 3.73. The van der Waals surface area contributed by atoms with Crippen molar-refractivity contribution in [1.82, 2.24) is 10.2 Å². The average Bonchev–Trinajstić information content (AvgIpc) is 2.34. The van der Waals surface area contributed by atoms with Crippen LogP contribution in [0.15, 0.2) is 0 Å². The van der Waals surface area contributed by atoms with Crippen LogP contribution in [0.25, 0.3) is 0 Å². The number of unbranched alkanes of at least 4 members (excludes halogenated alkanes) is 6. The van der Waals surface area contributed by atoms with Crippen molar-refractivity contribution in [3.05, 3.63) is 0 Å². The third-order valence-electron chi connectivity index (χ3n) is 4.28. The molecule has 0 aliphatic heterocycles. The van der Waals surface area contributed by atoms with Crippen LogP contribution in [0, 0.1) is 0 Å². The topological polar surface area (TPSA) is 15.3 Å². The number of nitrogens with one attached hydrogen (secondary N) is 1. The lowest BCUT2D eigenvalue weighted by atomic mass is 9.93. The van der Waals surface area contributed by atoms with E-state index in [0.717, 1.165) is 6.54 Å². The van der Waals surface area contributed by atoms with E-state index in [2.05, 4.69) is 65.6 Å². The molecule has 1 atom stereocenters. The van der Waals surface area contributed by atoms with Crippen LogP contribution >= 0.6 is 0 Å². The second kappa shape index (κ2) is 10.6. The molecule has 0 aromatic heterocycles. The fourth-order valence-corrected chi connectivity index (χ4v) is 3.79. The zero-order chi connectivity index (χ0) is 17.2. The van der Waals surface area contributed by atoms with Crippen LogP contribution in [0.3, 0.4) is 0 Å². The van der Waals surface area contributed by atoms with Gasteiger partial charge in [0.2, 0.25) is 0 Å². The van der Waals surface area contributed by atoms with Crippen molar-refractivity contribution in [3.63, 3.8) is 0 Å². The van der Waals surface area contributed by atoms with Crippen LogP contribution < -0.4 is 5.32 Å². The number of nitrogens with zero attached hydrogens (tertiary/aromatic N) is 1. The van der Waals surface area contributed by atoms with Crippen LogP contribution in [0.4, 0.5) is 0 Å². The Kier molecular flexibility index (Phi) is 10.6.